The van der Waals surface area contributed by atoms with E-state index in [9.17, 15) is 4.79 Å². The van der Waals surface area contributed by atoms with Crippen LogP contribution in [0.15, 0.2) is 73.1 Å². The Kier molecular flexibility index (Phi) is 3.71. The molecular formula is C22H18N4O. The van der Waals surface area contributed by atoms with Crippen molar-refractivity contribution in [2.75, 3.05) is 0 Å². The van der Waals surface area contributed by atoms with E-state index < -0.39 is 0 Å². The molecule has 4 aromatic rings. The summed E-state index contributed by atoms with van der Waals surface area (Å²) in [5.41, 5.74) is 4.59. The van der Waals surface area contributed by atoms with Crippen molar-refractivity contribution in [3.63, 3.8) is 0 Å². The Morgan fingerprint density at radius 1 is 1.04 bits per heavy atom. The molecule has 1 aliphatic rings. The Morgan fingerprint density at radius 3 is 2.74 bits per heavy atom. The minimum Gasteiger partial charge on any atom is -0.347 e. The lowest BCUT2D eigenvalue weighted by molar-refractivity contribution is 0.0947. The second-order valence-electron chi connectivity index (χ2n) is 6.91. The van der Waals surface area contributed by atoms with Crippen LogP contribution >= 0.6 is 0 Å². The molecule has 1 saturated carbocycles. The number of rotatable bonds is 4. The lowest BCUT2D eigenvalue weighted by Gasteiger charge is -2.04. The summed E-state index contributed by atoms with van der Waals surface area (Å²) in [6, 6.07) is 20.3. The predicted octanol–water partition coefficient (Wildman–Crippen LogP) is 3.91. The molecule has 1 unspecified atom stereocenters. The van der Waals surface area contributed by atoms with Crippen molar-refractivity contribution in [3.8, 4) is 11.1 Å². The number of benzene rings is 2. The standard InChI is InChI=1S/C22H18N4O/c27-22(24-20-12-17(20)14-5-2-1-3-6-14)21-18-11-15(8-9-19(18)25-26-21)16-7-4-10-23-13-16/h1-11,13,17,20H,12H2,(H,24,27)(H,25,26)/t17-,20?/m1/s1. The van der Waals surface area contributed by atoms with Crippen LogP contribution in [-0.4, -0.2) is 27.1 Å². The molecule has 5 rings (SSSR count). The number of pyridine rings is 1. The van der Waals surface area contributed by atoms with E-state index in [2.05, 4.69) is 32.6 Å². The van der Waals surface area contributed by atoms with Gasteiger partial charge in [-0.05, 0) is 35.7 Å². The maximum absolute atomic E-state index is 12.8. The summed E-state index contributed by atoms with van der Waals surface area (Å²) in [7, 11) is 0. The molecule has 1 aliphatic carbocycles. The molecule has 1 amide bonds. The van der Waals surface area contributed by atoms with Crippen LogP contribution in [0.5, 0.6) is 0 Å². The first kappa shape index (κ1) is 15.8. The number of amides is 1. The minimum atomic E-state index is -0.131. The van der Waals surface area contributed by atoms with Gasteiger partial charge in [0.05, 0.1) is 5.52 Å². The zero-order valence-electron chi connectivity index (χ0n) is 14.6. The number of fused-ring (bicyclic) bond motifs is 1. The van der Waals surface area contributed by atoms with Gasteiger partial charge in [-0.3, -0.25) is 14.9 Å². The SMILES string of the molecule is O=C(NC1C[C@@H]1c1ccccc1)c1n[nH]c2ccc(-c3cccnc3)cc12. The maximum Gasteiger partial charge on any atom is 0.272 e. The number of hydrogen-bond donors (Lipinski definition) is 2. The molecule has 5 nitrogen and oxygen atoms in total. The summed E-state index contributed by atoms with van der Waals surface area (Å²) in [5.74, 6) is 0.263. The van der Waals surface area contributed by atoms with Gasteiger partial charge in [0.1, 0.15) is 0 Å². The van der Waals surface area contributed by atoms with Crippen molar-refractivity contribution >= 4 is 16.8 Å². The monoisotopic (exact) mass is 354 g/mol. The molecule has 132 valence electrons. The van der Waals surface area contributed by atoms with E-state index in [0.717, 1.165) is 28.5 Å². The van der Waals surface area contributed by atoms with Crippen LogP contribution < -0.4 is 5.32 Å². The average molecular weight is 354 g/mol. The zero-order valence-corrected chi connectivity index (χ0v) is 14.6. The molecular weight excluding hydrogens is 336 g/mol. The van der Waals surface area contributed by atoms with Crippen LogP contribution in [0.4, 0.5) is 0 Å². The predicted molar refractivity (Wildman–Crippen MR) is 104 cm³/mol. The molecule has 27 heavy (non-hydrogen) atoms. The van der Waals surface area contributed by atoms with Gasteiger partial charge in [0.25, 0.3) is 5.91 Å². The Bertz CT molecular complexity index is 1110. The maximum atomic E-state index is 12.8. The van der Waals surface area contributed by atoms with E-state index in [1.165, 1.54) is 5.56 Å². The fourth-order valence-corrected chi connectivity index (χ4v) is 3.56. The van der Waals surface area contributed by atoms with Gasteiger partial charge in [-0.25, -0.2) is 0 Å². The number of nitrogens with one attached hydrogen (secondary N) is 2. The Balaban J connectivity index is 1.39. The zero-order chi connectivity index (χ0) is 18.2. The molecule has 0 radical (unpaired) electrons. The highest BCUT2D eigenvalue weighted by Gasteiger charge is 2.39. The molecule has 0 saturated heterocycles. The van der Waals surface area contributed by atoms with Gasteiger partial charge >= 0.3 is 0 Å². The van der Waals surface area contributed by atoms with Crippen molar-refractivity contribution in [1.82, 2.24) is 20.5 Å². The smallest absolute Gasteiger partial charge is 0.272 e. The topological polar surface area (TPSA) is 70.7 Å². The van der Waals surface area contributed by atoms with Crippen molar-refractivity contribution in [2.45, 2.75) is 18.4 Å². The summed E-state index contributed by atoms with van der Waals surface area (Å²) in [4.78, 5) is 17.0. The van der Waals surface area contributed by atoms with Crippen LogP contribution in [0.2, 0.25) is 0 Å². The van der Waals surface area contributed by atoms with Gasteiger partial charge in [-0.1, -0.05) is 42.5 Å². The Labute approximate surface area is 156 Å². The highest BCUT2D eigenvalue weighted by atomic mass is 16.2. The summed E-state index contributed by atoms with van der Waals surface area (Å²) >= 11 is 0. The number of aromatic amines is 1. The molecule has 0 aliphatic heterocycles. The van der Waals surface area contributed by atoms with Gasteiger partial charge in [-0.15, -0.1) is 0 Å². The fourth-order valence-electron chi connectivity index (χ4n) is 3.56. The number of carbonyl (C=O) groups excluding carboxylic acids is 1. The average Bonchev–Trinajstić information content (AvgIpc) is 3.36. The molecule has 2 heterocycles. The van der Waals surface area contributed by atoms with Crippen molar-refractivity contribution < 1.29 is 4.79 Å². The molecule has 2 N–H and O–H groups in total. The van der Waals surface area contributed by atoms with Crippen LogP contribution in [0, 0.1) is 0 Å². The lowest BCUT2D eigenvalue weighted by atomic mass is 10.0. The summed E-state index contributed by atoms with van der Waals surface area (Å²) in [6.07, 6.45) is 4.53. The van der Waals surface area contributed by atoms with E-state index in [0.29, 0.717) is 11.6 Å². The van der Waals surface area contributed by atoms with Crippen LogP contribution in [0.3, 0.4) is 0 Å². The van der Waals surface area contributed by atoms with E-state index in [4.69, 9.17) is 0 Å². The third-order valence-electron chi connectivity index (χ3n) is 5.11. The fraction of sp³-hybridized carbons (Fsp3) is 0.136. The number of hydrogen-bond acceptors (Lipinski definition) is 3. The van der Waals surface area contributed by atoms with Crippen LogP contribution in [-0.2, 0) is 0 Å². The van der Waals surface area contributed by atoms with Crippen LogP contribution in [0.25, 0.3) is 22.0 Å². The number of aromatic nitrogens is 3. The Morgan fingerprint density at radius 2 is 1.93 bits per heavy atom. The number of carbonyl (C=O) groups is 1. The molecule has 2 aromatic carbocycles. The first-order valence-electron chi connectivity index (χ1n) is 9.04. The van der Waals surface area contributed by atoms with Crippen molar-refractivity contribution in [3.05, 3.63) is 84.3 Å². The Hall–Kier alpha value is -3.47. The molecule has 0 spiro atoms. The highest BCUT2D eigenvalue weighted by Crippen LogP contribution is 2.40. The van der Waals surface area contributed by atoms with E-state index in [-0.39, 0.29) is 11.9 Å². The van der Waals surface area contributed by atoms with Gasteiger partial charge in [-0.2, -0.15) is 5.10 Å². The first-order chi connectivity index (χ1) is 13.3. The van der Waals surface area contributed by atoms with Gasteiger partial charge < -0.3 is 5.32 Å². The second-order valence-corrected chi connectivity index (χ2v) is 6.91. The third-order valence-corrected chi connectivity index (χ3v) is 5.11. The van der Waals surface area contributed by atoms with Crippen LogP contribution in [0.1, 0.15) is 28.4 Å². The van der Waals surface area contributed by atoms with Crippen molar-refractivity contribution in [1.29, 1.82) is 0 Å². The summed E-state index contributed by atoms with van der Waals surface area (Å²) in [5, 5.41) is 11.2. The molecule has 0 bridgehead atoms. The largest absolute Gasteiger partial charge is 0.347 e. The molecule has 2 aromatic heterocycles. The normalized spacial score (nSPS) is 18.4. The first-order valence-corrected chi connectivity index (χ1v) is 9.04. The minimum absolute atomic E-state index is 0.131. The summed E-state index contributed by atoms with van der Waals surface area (Å²) < 4.78 is 0. The van der Waals surface area contributed by atoms with Gasteiger partial charge in [0, 0.05) is 35.3 Å². The summed E-state index contributed by atoms with van der Waals surface area (Å²) in [6.45, 7) is 0. The molecule has 5 heteroatoms. The molecule has 2 atom stereocenters. The van der Waals surface area contributed by atoms with E-state index in [1.807, 2.05) is 54.7 Å². The quantitative estimate of drug-likeness (QED) is 0.584. The highest BCUT2D eigenvalue weighted by molar-refractivity contribution is 6.05. The molecule has 1 fully saturated rings. The lowest BCUT2D eigenvalue weighted by Crippen LogP contribution is -2.27. The number of H-pyrrole nitrogens is 1. The van der Waals surface area contributed by atoms with Crippen molar-refractivity contribution in [2.24, 2.45) is 0 Å². The number of nitrogens with zero attached hydrogens (tertiary/aromatic N) is 2. The van der Waals surface area contributed by atoms with Gasteiger partial charge in [0.15, 0.2) is 5.69 Å². The van der Waals surface area contributed by atoms with E-state index >= 15 is 0 Å². The van der Waals surface area contributed by atoms with Gasteiger partial charge in [0.2, 0.25) is 0 Å². The third kappa shape index (κ3) is 2.97. The second kappa shape index (κ2) is 6.36. The van der Waals surface area contributed by atoms with E-state index in [1.54, 1.807) is 6.20 Å².